The zero-order chi connectivity index (χ0) is 18.4. The fourth-order valence-electron chi connectivity index (χ4n) is 2.97. The molecule has 0 fully saturated rings. The van der Waals surface area contributed by atoms with Crippen LogP contribution >= 0.6 is 0 Å². The maximum absolute atomic E-state index is 5.98. The third-order valence-electron chi connectivity index (χ3n) is 4.73. The minimum absolute atomic E-state index is 0.137. The molecular formula is C23H29NO. The van der Waals surface area contributed by atoms with Crippen molar-refractivity contribution in [3.63, 3.8) is 0 Å². The van der Waals surface area contributed by atoms with Crippen molar-refractivity contribution >= 4 is 22.5 Å². The summed E-state index contributed by atoms with van der Waals surface area (Å²) in [6.45, 7) is 15.5. The van der Waals surface area contributed by atoms with Gasteiger partial charge in [-0.25, -0.2) is 0 Å². The van der Waals surface area contributed by atoms with E-state index in [1.54, 1.807) is 0 Å². The Labute approximate surface area is 151 Å². The average Bonchev–Trinajstić information content (AvgIpc) is 2.88. The largest absolute Gasteiger partial charge is 0.440 e. The molecule has 25 heavy (non-hydrogen) atoms. The van der Waals surface area contributed by atoms with Gasteiger partial charge in [0.05, 0.1) is 0 Å². The Morgan fingerprint density at radius 3 is 1.96 bits per heavy atom. The van der Waals surface area contributed by atoms with E-state index < -0.39 is 0 Å². The number of hydrogen-bond donors (Lipinski definition) is 1. The van der Waals surface area contributed by atoms with Crippen LogP contribution in [0.4, 0.5) is 11.6 Å². The van der Waals surface area contributed by atoms with Gasteiger partial charge in [0.2, 0.25) is 0 Å². The molecule has 3 aromatic rings. The first-order chi connectivity index (χ1) is 11.5. The Morgan fingerprint density at radius 2 is 1.36 bits per heavy atom. The lowest BCUT2D eigenvalue weighted by Gasteiger charge is -2.20. The van der Waals surface area contributed by atoms with Gasteiger partial charge in [-0.05, 0) is 52.6 Å². The van der Waals surface area contributed by atoms with Crippen LogP contribution in [-0.4, -0.2) is 0 Å². The minimum atomic E-state index is 0.137. The highest BCUT2D eigenvalue weighted by atomic mass is 16.3. The summed E-state index contributed by atoms with van der Waals surface area (Å²) in [5.41, 5.74) is 6.18. The maximum Gasteiger partial charge on any atom is 0.198 e. The normalized spacial score (nSPS) is 12.6. The van der Waals surface area contributed by atoms with E-state index in [0.717, 1.165) is 22.5 Å². The molecule has 0 aliphatic heterocycles. The highest BCUT2D eigenvalue weighted by molar-refractivity contribution is 5.83. The van der Waals surface area contributed by atoms with E-state index in [2.05, 4.69) is 96.2 Å². The Kier molecular flexibility index (Phi) is 4.18. The number of hydrogen-bond acceptors (Lipinski definition) is 2. The van der Waals surface area contributed by atoms with E-state index in [9.17, 15) is 0 Å². The standard InChI is InChI=1S/C23H29NO/c1-15-12-17(22(2,3)4)8-10-19(15)24-21-14-16-13-18(23(5,6)7)9-11-20(16)25-21/h8-14,24H,1-7H3. The van der Waals surface area contributed by atoms with Crippen molar-refractivity contribution in [2.45, 2.75) is 59.3 Å². The molecule has 2 heteroatoms. The van der Waals surface area contributed by atoms with Crippen molar-refractivity contribution in [2.24, 2.45) is 0 Å². The molecule has 1 N–H and O–H groups in total. The Hall–Kier alpha value is -2.22. The summed E-state index contributed by atoms with van der Waals surface area (Å²) < 4.78 is 5.98. The van der Waals surface area contributed by atoms with Crippen molar-refractivity contribution in [1.82, 2.24) is 0 Å². The van der Waals surface area contributed by atoms with Gasteiger partial charge in [-0.1, -0.05) is 59.7 Å². The number of nitrogens with one attached hydrogen (secondary N) is 1. The monoisotopic (exact) mass is 335 g/mol. The van der Waals surface area contributed by atoms with Gasteiger partial charge in [0, 0.05) is 17.1 Å². The molecular weight excluding hydrogens is 306 g/mol. The van der Waals surface area contributed by atoms with Crippen molar-refractivity contribution in [3.8, 4) is 0 Å². The summed E-state index contributed by atoms with van der Waals surface area (Å²) in [5, 5.41) is 4.57. The lowest BCUT2D eigenvalue weighted by molar-refractivity contribution is 0.590. The molecule has 132 valence electrons. The zero-order valence-electron chi connectivity index (χ0n) is 16.4. The molecule has 0 unspecified atom stereocenters. The molecule has 0 bridgehead atoms. The third-order valence-corrected chi connectivity index (χ3v) is 4.73. The summed E-state index contributed by atoms with van der Waals surface area (Å²) in [5.74, 6) is 0.785. The van der Waals surface area contributed by atoms with E-state index in [1.165, 1.54) is 16.7 Å². The minimum Gasteiger partial charge on any atom is -0.440 e. The van der Waals surface area contributed by atoms with Crippen LogP contribution in [0.25, 0.3) is 11.0 Å². The summed E-state index contributed by atoms with van der Waals surface area (Å²) in [6, 6.07) is 15.1. The number of fused-ring (bicyclic) bond motifs is 1. The molecule has 0 aliphatic rings. The first kappa shape index (κ1) is 17.6. The van der Waals surface area contributed by atoms with Crippen LogP contribution in [0.3, 0.4) is 0 Å². The van der Waals surface area contributed by atoms with Crippen molar-refractivity contribution < 1.29 is 4.42 Å². The molecule has 1 aromatic heterocycles. The summed E-state index contributed by atoms with van der Waals surface area (Å²) in [4.78, 5) is 0. The van der Waals surface area contributed by atoms with Crippen molar-refractivity contribution in [3.05, 3.63) is 59.2 Å². The number of benzene rings is 2. The van der Waals surface area contributed by atoms with Crippen LogP contribution < -0.4 is 5.32 Å². The van der Waals surface area contributed by atoms with E-state index in [1.807, 2.05) is 0 Å². The summed E-state index contributed by atoms with van der Waals surface area (Å²) in [6.07, 6.45) is 0. The van der Waals surface area contributed by atoms with Crippen LogP contribution in [0.1, 0.15) is 58.2 Å². The van der Waals surface area contributed by atoms with Gasteiger partial charge < -0.3 is 9.73 Å². The Morgan fingerprint density at radius 1 is 0.760 bits per heavy atom. The van der Waals surface area contributed by atoms with Gasteiger partial charge in [-0.3, -0.25) is 0 Å². The smallest absolute Gasteiger partial charge is 0.198 e. The Balaban J connectivity index is 1.91. The highest BCUT2D eigenvalue weighted by Gasteiger charge is 2.16. The molecule has 0 atom stereocenters. The lowest BCUT2D eigenvalue weighted by atomic mass is 9.86. The predicted molar refractivity (Wildman–Crippen MR) is 108 cm³/mol. The molecule has 0 saturated heterocycles. The van der Waals surface area contributed by atoms with Gasteiger partial charge in [-0.15, -0.1) is 0 Å². The first-order valence-corrected chi connectivity index (χ1v) is 8.96. The maximum atomic E-state index is 5.98. The highest BCUT2D eigenvalue weighted by Crippen LogP contribution is 2.32. The molecule has 0 radical (unpaired) electrons. The van der Waals surface area contributed by atoms with Crippen molar-refractivity contribution in [2.75, 3.05) is 5.32 Å². The van der Waals surface area contributed by atoms with Crippen LogP contribution in [0.15, 0.2) is 46.9 Å². The second-order valence-corrected chi connectivity index (χ2v) is 9.02. The summed E-state index contributed by atoms with van der Waals surface area (Å²) in [7, 11) is 0. The number of anilines is 2. The SMILES string of the molecule is Cc1cc(C(C)(C)C)ccc1Nc1cc2cc(C(C)(C)C)ccc2o1. The zero-order valence-corrected chi connectivity index (χ0v) is 16.4. The van der Waals surface area contributed by atoms with E-state index >= 15 is 0 Å². The summed E-state index contributed by atoms with van der Waals surface area (Å²) >= 11 is 0. The molecule has 2 aromatic carbocycles. The van der Waals surface area contributed by atoms with Crippen LogP contribution in [0.5, 0.6) is 0 Å². The third kappa shape index (κ3) is 3.73. The number of furan rings is 1. The number of rotatable bonds is 2. The molecule has 3 rings (SSSR count). The fraction of sp³-hybridized carbons (Fsp3) is 0.391. The fourth-order valence-corrected chi connectivity index (χ4v) is 2.97. The van der Waals surface area contributed by atoms with Crippen LogP contribution in [-0.2, 0) is 10.8 Å². The van der Waals surface area contributed by atoms with Crippen LogP contribution in [0.2, 0.25) is 0 Å². The molecule has 0 saturated carbocycles. The predicted octanol–water partition coefficient (Wildman–Crippen LogP) is 7.08. The van der Waals surface area contributed by atoms with Gasteiger partial charge in [-0.2, -0.15) is 0 Å². The second kappa shape index (κ2) is 5.94. The van der Waals surface area contributed by atoms with Gasteiger partial charge >= 0.3 is 0 Å². The van der Waals surface area contributed by atoms with Crippen LogP contribution in [0, 0.1) is 6.92 Å². The second-order valence-electron chi connectivity index (χ2n) is 9.02. The molecule has 0 amide bonds. The molecule has 2 nitrogen and oxygen atoms in total. The average molecular weight is 335 g/mol. The molecule has 0 aliphatic carbocycles. The quantitative estimate of drug-likeness (QED) is 0.541. The van der Waals surface area contributed by atoms with Crippen molar-refractivity contribution in [1.29, 1.82) is 0 Å². The van der Waals surface area contributed by atoms with E-state index in [-0.39, 0.29) is 10.8 Å². The molecule has 1 heterocycles. The van der Waals surface area contributed by atoms with E-state index in [4.69, 9.17) is 4.42 Å². The molecule has 0 spiro atoms. The number of aryl methyl sites for hydroxylation is 1. The first-order valence-electron chi connectivity index (χ1n) is 8.96. The van der Waals surface area contributed by atoms with Gasteiger partial charge in [0.15, 0.2) is 5.88 Å². The Bertz CT molecular complexity index is 904. The topological polar surface area (TPSA) is 25.2 Å². The van der Waals surface area contributed by atoms with Gasteiger partial charge in [0.1, 0.15) is 5.58 Å². The lowest BCUT2D eigenvalue weighted by Crippen LogP contribution is -2.11. The van der Waals surface area contributed by atoms with E-state index in [0.29, 0.717) is 0 Å². The van der Waals surface area contributed by atoms with Gasteiger partial charge in [0.25, 0.3) is 0 Å².